The van der Waals surface area contributed by atoms with Gasteiger partial charge in [0.05, 0.1) is 0 Å². The summed E-state index contributed by atoms with van der Waals surface area (Å²) in [6, 6.07) is 0. The Labute approximate surface area is 113 Å². The highest BCUT2D eigenvalue weighted by Gasteiger charge is 2.66. The molecule has 0 spiro atoms. The van der Waals surface area contributed by atoms with E-state index in [2.05, 4.69) is 4.99 Å². The first kappa shape index (κ1) is 17.8. The lowest BCUT2D eigenvalue weighted by atomic mass is 10.2. The van der Waals surface area contributed by atoms with Crippen LogP contribution in [0.4, 0.5) is 43.9 Å². The molecule has 1 N–H and O–H groups in total. The molecule has 0 aromatic rings. The summed E-state index contributed by atoms with van der Waals surface area (Å²) in [6.45, 7) is 0. The molecule has 0 saturated carbocycles. The minimum Gasteiger partial charge on any atom is -0.334 e. The Balaban J connectivity index is 3.33. The third kappa shape index (κ3) is 3.16. The molecule has 0 saturated heterocycles. The Morgan fingerprint density at radius 2 is 1.24 bits per heavy atom. The van der Waals surface area contributed by atoms with Crippen LogP contribution in [-0.4, -0.2) is 41.5 Å². The fourth-order valence-corrected chi connectivity index (χ4v) is 1.19. The molecule has 0 radical (unpaired) electrons. The van der Waals surface area contributed by atoms with Crippen LogP contribution in [0.25, 0.3) is 0 Å². The van der Waals surface area contributed by atoms with Gasteiger partial charge < -0.3 is 5.32 Å². The van der Waals surface area contributed by atoms with Crippen LogP contribution in [0.2, 0.25) is 0 Å². The molecule has 3 nitrogen and oxygen atoms in total. The molecule has 0 bridgehead atoms. The van der Waals surface area contributed by atoms with Gasteiger partial charge in [0.1, 0.15) is 0 Å². The molecule has 0 amide bonds. The van der Waals surface area contributed by atoms with Crippen molar-refractivity contribution in [1.29, 1.82) is 0 Å². The largest absolute Gasteiger partial charge is 0.461 e. The first-order valence-electron chi connectivity index (χ1n) is 4.58. The third-order valence-corrected chi connectivity index (χ3v) is 2.21. The molecule has 21 heavy (non-hydrogen) atoms. The lowest BCUT2D eigenvalue weighted by molar-refractivity contribution is -0.252. The number of nitrogens with zero attached hydrogens (tertiary/aromatic N) is 2. The topological polar surface area (TPSA) is 36.8 Å². The summed E-state index contributed by atoms with van der Waals surface area (Å²) in [4.78, 5) is 4.32. The first-order chi connectivity index (χ1) is 9.10. The van der Waals surface area contributed by atoms with Gasteiger partial charge in [0.15, 0.2) is 11.5 Å². The second-order valence-electron chi connectivity index (χ2n) is 3.54. The molecule has 0 aromatic carbocycles. The molecule has 1 rings (SSSR count). The van der Waals surface area contributed by atoms with Crippen LogP contribution in [0.3, 0.4) is 0 Å². The number of hydrogen-bond donors (Lipinski definition) is 1. The van der Waals surface area contributed by atoms with E-state index in [-0.39, 0.29) is 0 Å². The quantitative estimate of drug-likeness (QED) is 0.462. The van der Waals surface area contributed by atoms with Crippen molar-refractivity contribution in [1.82, 2.24) is 5.32 Å². The van der Waals surface area contributed by atoms with Crippen molar-refractivity contribution < 1.29 is 43.9 Å². The van der Waals surface area contributed by atoms with Crippen molar-refractivity contribution in [2.75, 3.05) is 0 Å². The van der Waals surface area contributed by atoms with Gasteiger partial charge in [0, 0.05) is 0 Å². The van der Waals surface area contributed by atoms with Gasteiger partial charge >= 0.3 is 24.2 Å². The third-order valence-electron chi connectivity index (χ3n) is 2.00. The lowest BCUT2D eigenvalue weighted by Crippen LogP contribution is -2.56. The van der Waals surface area contributed by atoms with Gasteiger partial charge in [-0.15, -0.1) is 0 Å². The van der Waals surface area contributed by atoms with Crippen LogP contribution in [0, 0.1) is 0 Å². The number of rotatable bonds is 2. The van der Waals surface area contributed by atoms with Gasteiger partial charge in [-0.3, -0.25) is 0 Å². The van der Waals surface area contributed by atoms with E-state index in [4.69, 9.17) is 11.6 Å². The van der Waals surface area contributed by atoms with Gasteiger partial charge in [0.25, 0.3) is 0 Å². The van der Waals surface area contributed by atoms with Crippen molar-refractivity contribution in [3.05, 3.63) is 0 Å². The molecule has 0 aromatic heterocycles. The van der Waals surface area contributed by atoms with Gasteiger partial charge in [0.2, 0.25) is 5.84 Å². The van der Waals surface area contributed by atoms with E-state index >= 15 is 0 Å². The van der Waals surface area contributed by atoms with E-state index in [1.54, 1.807) is 0 Å². The highest BCUT2D eigenvalue weighted by Crippen LogP contribution is 2.40. The Morgan fingerprint density at radius 3 is 1.62 bits per heavy atom. The zero-order valence-corrected chi connectivity index (χ0v) is 9.89. The Hall–Kier alpha value is -1.27. The Kier molecular flexibility index (Phi) is 4.13. The lowest BCUT2D eigenvalue weighted by Gasteiger charge is -2.28. The molecule has 1 unspecified atom stereocenters. The van der Waals surface area contributed by atoms with Crippen LogP contribution in [0.5, 0.6) is 0 Å². The Morgan fingerprint density at radius 1 is 0.810 bits per heavy atom. The van der Waals surface area contributed by atoms with Crippen molar-refractivity contribution in [3.8, 4) is 0 Å². The van der Waals surface area contributed by atoms with Crippen LogP contribution in [0.1, 0.15) is 0 Å². The van der Waals surface area contributed by atoms with E-state index in [0.717, 1.165) is 5.32 Å². The molecular weight excluding hydrogens is 352 g/mol. The predicted molar refractivity (Wildman–Crippen MR) is 49.7 cm³/mol. The maximum absolute atomic E-state index is 12.9. The number of amidine groups is 2. The molecule has 1 aliphatic rings. The molecule has 0 aliphatic carbocycles. The van der Waals surface area contributed by atoms with E-state index in [0.29, 0.717) is 0 Å². The number of aliphatic imine (C=N–C) groups is 2. The van der Waals surface area contributed by atoms with Crippen molar-refractivity contribution in [2.24, 2.45) is 9.98 Å². The summed E-state index contributed by atoms with van der Waals surface area (Å²) >= 11 is 4.94. The van der Waals surface area contributed by atoms with Crippen LogP contribution >= 0.6 is 11.6 Å². The van der Waals surface area contributed by atoms with Gasteiger partial charge in [-0.25, -0.2) is 9.98 Å². The first-order valence-corrected chi connectivity index (χ1v) is 5.01. The number of nitrogens with one attached hydrogen (secondary N) is 1. The predicted octanol–water partition coefficient (Wildman–Crippen LogP) is 3.30. The average Bonchev–Trinajstić information content (AvgIpc) is 2.24. The zero-order valence-electron chi connectivity index (χ0n) is 9.13. The summed E-state index contributed by atoms with van der Waals surface area (Å²) in [7, 11) is 0. The maximum atomic E-state index is 12.9. The Bertz CT molecular complexity index is 476. The minimum absolute atomic E-state index is 1.07. The van der Waals surface area contributed by atoms with E-state index in [1.807, 2.05) is 4.99 Å². The second kappa shape index (κ2) is 4.88. The molecule has 1 atom stereocenters. The SMILES string of the molecule is FC(F)(F)C(F)(F)C1=NC(Cl)NC(C(F)(F)C(F)(F)F)=N1. The van der Waals surface area contributed by atoms with Crippen LogP contribution < -0.4 is 5.32 Å². The molecule has 1 heterocycles. The fraction of sp³-hybridized carbons (Fsp3) is 0.714. The summed E-state index contributed by atoms with van der Waals surface area (Å²) in [5.74, 6) is -16.8. The smallest absolute Gasteiger partial charge is 0.334 e. The molecular formula is C7H2ClF10N3. The van der Waals surface area contributed by atoms with Gasteiger partial charge in [-0.2, -0.15) is 43.9 Å². The molecule has 122 valence electrons. The zero-order chi connectivity index (χ0) is 16.9. The normalized spacial score (nSPS) is 21.6. The highest BCUT2D eigenvalue weighted by atomic mass is 35.5. The van der Waals surface area contributed by atoms with Crippen LogP contribution in [0.15, 0.2) is 9.98 Å². The second-order valence-corrected chi connectivity index (χ2v) is 3.95. The maximum Gasteiger partial charge on any atom is 0.461 e. The van der Waals surface area contributed by atoms with E-state index in [1.165, 1.54) is 0 Å². The van der Waals surface area contributed by atoms with Crippen molar-refractivity contribution in [3.63, 3.8) is 0 Å². The van der Waals surface area contributed by atoms with Gasteiger partial charge in [-0.1, -0.05) is 11.6 Å². The molecule has 1 aliphatic heterocycles. The van der Waals surface area contributed by atoms with Crippen molar-refractivity contribution >= 4 is 23.3 Å². The highest BCUT2D eigenvalue weighted by molar-refractivity contribution is 6.23. The van der Waals surface area contributed by atoms with Crippen LogP contribution in [-0.2, 0) is 0 Å². The van der Waals surface area contributed by atoms with Crippen molar-refractivity contribution in [2.45, 2.75) is 29.8 Å². The van der Waals surface area contributed by atoms with Gasteiger partial charge in [-0.05, 0) is 0 Å². The standard InChI is InChI=1S/C7H2ClF10N3/c8-3-20-1(4(9,10)6(13,14)15)19-2(21-3)5(11,12)7(16,17)18/h3H,(H,19,20,21). The van der Waals surface area contributed by atoms with E-state index in [9.17, 15) is 43.9 Å². The summed E-state index contributed by atoms with van der Waals surface area (Å²) < 4.78 is 124. The fourth-order valence-electron chi connectivity index (χ4n) is 0.993. The minimum atomic E-state index is -6.30. The van der Waals surface area contributed by atoms with E-state index < -0.39 is 41.5 Å². The average molecular weight is 354 g/mol. The monoisotopic (exact) mass is 353 g/mol. The summed E-state index contributed by atoms with van der Waals surface area (Å²) in [5.41, 5.74) is -2.41. The number of hydrogen-bond acceptors (Lipinski definition) is 3. The molecule has 0 fully saturated rings. The molecule has 14 heteroatoms. The number of alkyl halides is 11. The number of halogens is 11. The summed E-state index contributed by atoms with van der Waals surface area (Å²) in [6.07, 6.45) is -12.6. The summed E-state index contributed by atoms with van der Waals surface area (Å²) in [5, 5.41) is 1.07.